The van der Waals surface area contributed by atoms with E-state index in [4.69, 9.17) is 16.3 Å². The fraction of sp³-hybridized carbons (Fsp3) is 0.538. The van der Waals surface area contributed by atoms with Gasteiger partial charge in [0, 0.05) is 17.6 Å². The van der Waals surface area contributed by atoms with Crippen LogP contribution in [0.15, 0.2) is 18.3 Å². The van der Waals surface area contributed by atoms with Crippen molar-refractivity contribution in [2.75, 3.05) is 7.11 Å². The van der Waals surface area contributed by atoms with Crippen LogP contribution < -0.4 is 10.1 Å². The lowest BCUT2D eigenvalue weighted by molar-refractivity contribution is 0.0924. The van der Waals surface area contributed by atoms with Gasteiger partial charge >= 0.3 is 0 Å². The zero-order valence-corrected chi connectivity index (χ0v) is 11.1. The van der Waals surface area contributed by atoms with Gasteiger partial charge in [0.15, 0.2) is 0 Å². The van der Waals surface area contributed by atoms with Crippen LogP contribution in [0.2, 0.25) is 0 Å². The van der Waals surface area contributed by atoms with Crippen LogP contribution in [-0.2, 0) is 0 Å². The number of hydrogen-bond donors (Lipinski definition) is 1. The van der Waals surface area contributed by atoms with Crippen molar-refractivity contribution in [2.24, 2.45) is 0 Å². The highest BCUT2D eigenvalue weighted by Crippen LogP contribution is 2.23. The van der Waals surface area contributed by atoms with Crippen molar-refractivity contribution in [2.45, 2.75) is 37.1 Å². The lowest BCUT2D eigenvalue weighted by Crippen LogP contribution is -2.38. The first kappa shape index (κ1) is 13.1. The van der Waals surface area contributed by atoms with E-state index in [0.29, 0.717) is 11.4 Å². The summed E-state index contributed by atoms with van der Waals surface area (Å²) < 4.78 is 5.08. The normalized spacial score (nSPS) is 23.4. The fourth-order valence-electron chi connectivity index (χ4n) is 2.19. The molecule has 18 heavy (non-hydrogen) atoms. The fourth-order valence-corrected chi connectivity index (χ4v) is 2.44. The zero-order chi connectivity index (χ0) is 13.0. The summed E-state index contributed by atoms with van der Waals surface area (Å²) in [4.78, 5) is 16.1. The van der Waals surface area contributed by atoms with Crippen molar-refractivity contribution in [3.05, 3.63) is 23.9 Å². The first-order valence-electron chi connectivity index (χ1n) is 6.14. The second-order valence-electron chi connectivity index (χ2n) is 4.48. The van der Waals surface area contributed by atoms with Crippen LogP contribution in [-0.4, -0.2) is 29.4 Å². The molecule has 0 atom stereocenters. The van der Waals surface area contributed by atoms with Crippen LogP contribution in [0.5, 0.6) is 5.88 Å². The van der Waals surface area contributed by atoms with E-state index in [1.54, 1.807) is 18.3 Å². The summed E-state index contributed by atoms with van der Waals surface area (Å²) in [6, 6.07) is 3.65. The molecule has 1 heterocycles. The van der Waals surface area contributed by atoms with Gasteiger partial charge in [0.2, 0.25) is 5.88 Å². The number of nitrogens with one attached hydrogen (secondary N) is 1. The summed E-state index contributed by atoms with van der Waals surface area (Å²) in [7, 11) is 1.51. The van der Waals surface area contributed by atoms with Gasteiger partial charge in [0.1, 0.15) is 5.56 Å². The molecule has 0 bridgehead atoms. The van der Waals surface area contributed by atoms with Gasteiger partial charge in [-0.1, -0.05) is 0 Å². The number of methoxy groups -OCH3 is 1. The highest BCUT2D eigenvalue weighted by Gasteiger charge is 2.22. The summed E-state index contributed by atoms with van der Waals surface area (Å²) in [6.07, 6.45) is 5.38. The van der Waals surface area contributed by atoms with Crippen LogP contribution >= 0.6 is 11.6 Å². The van der Waals surface area contributed by atoms with Crippen molar-refractivity contribution < 1.29 is 9.53 Å². The average molecular weight is 269 g/mol. The summed E-state index contributed by atoms with van der Waals surface area (Å²) in [5, 5.41) is 3.27. The number of alkyl halides is 1. The molecular weight excluding hydrogens is 252 g/mol. The molecule has 1 N–H and O–H groups in total. The number of amides is 1. The molecule has 0 spiro atoms. The van der Waals surface area contributed by atoms with Gasteiger partial charge in [-0.3, -0.25) is 4.79 Å². The monoisotopic (exact) mass is 268 g/mol. The largest absolute Gasteiger partial charge is 0.480 e. The van der Waals surface area contributed by atoms with E-state index in [-0.39, 0.29) is 17.3 Å². The number of hydrogen-bond acceptors (Lipinski definition) is 3. The van der Waals surface area contributed by atoms with Crippen LogP contribution in [0.4, 0.5) is 0 Å². The van der Waals surface area contributed by atoms with Crippen LogP contribution in [0.25, 0.3) is 0 Å². The first-order chi connectivity index (χ1) is 8.70. The third-order valence-corrected chi connectivity index (χ3v) is 3.64. The maximum atomic E-state index is 12.1. The Kier molecular flexibility index (Phi) is 4.42. The SMILES string of the molecule is COc1ncccc1C(=O)NC1CCC(Cl)CC1. The molecule has 0 aromatic carbocycles. The standard InChI is InChI=1S/C13H17ClN2O2/c1-18-13-11(3-2-8-15-13)12(17)16-10-6-4-9(14)5-7-10/h2-3,8-10H,4-7H2,1H3,(H,16,17). The molecule has 1 aromatic heterocycles. The summed E-state index contributed by atoms with van der Waals surface area (Å²) in [6.45, 7) is 0. The second-order valence-corrected chi connectivity index (χ2v) is 5.10. The molecule has 1 fully saturated rings. The maximum Gasteiger partial charge on any atom is 0.256 e. The van der Waals surface area contributed by atoms with E-state index in [1.165, 1.54) is 7.11 Å². The Morgan fingerprint density at radius 1 is 1.44 bits per heavy atom. The quantitative estimate of drug-likeness (QED) is 0.857. The lowest BCUT2D eigenvalue weighted by Gasteiger charge is -2.25. The topological polar surface area (TPSA) is 51.2 Å². The number of halogens is 1. The Morgan fingerprint density at radius 3 is 2.83 bits per heavy atom. The molecule has 0 saturated heterocycles. The molecular formula is C13H17ClN2O2. The molecule has 1 aliphatic carbocycles. The van der Waals surface area contributed by atoms with Gasteiger partial charge in [0.25, 0.3) is 5.91 Å². The van der Waals surface area contributed by atoms with Gasteiger partial charge in [0.05, 0.1) is 7.11 Å². The van der Waals surface area contributed by atoms with Crippen LogP contribution in [0, 0.1) is 0 Å². The number of pyridine rings is 1. The van der Waals surface area contributed by atoms with Crippen molar-refractivity contribution >= 4 is 17.5 Å². The predicted molar refractivity (Wildman–Crippen MR) is 70.2 cm³/mol. The molecule has 1 amide bonds. The predicted octanol–water partition coefficient (Wildman–Crippen LogP) is 2.37. The minimum absolute atomic E-state index is 0.127. The number of aromatic nitrogens is 1. The highest BCUT2D eigenvalue weighted by atomic mass is 35.5. The Balaban J connectivity index is 1.99. The Hall–Kier alpha value is -1.29. The van der Waals surface area contributed by atoms with Crippen molar-refractivity contribution in [3.63, 3.8) is 0 Å². The molecule has 0 aliphatic heterocycles. The second kappa shape index (κ2) is 6.05. The van der Waals surface area contributed by atoms with E-state index in [2.05, 4.69) is 10.3 Å². The Bertz CT molecular complexity index is 417. The summed E-state index contributed by atoms with van der Waals surface area (Å²) in [5.74, 6) is 0.235. The van der Waals surface area contributed by atoms with Gasteiger partial charge < -0.3 is 10.1 Å². The van der Waals surface area contributed by atoms with Crippen molar-refractivity contribution in [3.8, 4) is 5.88 Å². The molecule has 1 saturated carbocycles. The summed E-state index contributed by atoms with van der Waals surface area (Å²) in [5.41, 5.74) is 0.480. The van der Waals surface area contributed by atoms with E-state index >= 15 is 0 Å². The van der Waals surface area contributed by atoms with Crippen molar-refractivity contribution in [1.29, 1.82) is 0 Å². The number of carbonyl (C=O) groups excluding carboxylic acids is 1. The van der Waals surface area contributed by atoms with Gasteiger partial charge in [-0.15, -0.1) is 11.6 Å². The maximum absolute atomic E-state index is 12.1. The smallest absolute Gasteiger partial charge is 0.256 e. The van der Waals surface area contributed by atoms with Gasteiger partial charge in [-0.2, -0.15) is 0 Å². The minimum atomic E-state index is -0.127. The van der Waals surface area contributed by atoms with Gasteiger partial charge in [-0.25, -0.2) is 4.98 Å². The third kappa shape index (κ3) is 3.13. The molecule has 2 rings (SSSR count). The van der Waals surface area contributed by atoms with Crippen molar-refractivity contribution in [1.82, 2.24) is 10.3 Å². The van der Waals surface area contributed by atoms with Crippen LogP contribution in [0.1, 0.15) is 36.0 Å². The van der Waals surface area contributed by atoms with E-state index in [9.17, 15) is 4.79 Å². The minimum Gasteiger partial charge on any atom is -0.480 e. The Labute approximate surface area is 112 Å². The van der Waals surface area contributed by atoms with Gasteiger partial charge in [-0.05, 0) is 37.8 Å². The number of rotatable bonds is 3. The molecule has 0 radical (unpaired) electrons. The zero-order valence-electron chi connectivity index (χ0n) is 10.4. The lowest BCUT2D eigenvalue weighted by atomic mass is 9.95. The molecule has 0 unspecified atom stereocenters. The molecule has 5 heteroatoms. The number of ether oxygens (including phenoxy) is 1. The molecule has 98 valence electrons. The highest BCUT2D eigenvalue weighted by molar-refractivity contribution is 6.20. The number of carbonyl (C=O) groups is 1. The Morgan fingerprint density at radius 2 is 2.17 bits per heavy atom. The van der Waals surface area contributed by atoms with E-state index in [1.807, 2.05) is 0 Å². The molecule has 1 aromatic rings. The molecule has 1 aliphatic rings. The number of nitrogens with zero attached hydrogens (tertiary/aromatic N) is 1. The first-order valence-corrected chi connectivity index (χ1v) is 6.58. The average Bonchev–Trinajstić information content (AvgIpc) is 2.41. The molecule has 4 nitrogen and oxygen atoms in total. The summed E-state index contributed by atoms with van der Waals surface area (Å²) >= 11 is 6.04. The van der Waals surface area contributed by atoms with E-state index < -0.39 is 0 Å². The third-order valence-electron chi connectivity index (χ3n) is 3.20. The van der Waals surface area contributed by atoms with E-state index in [0.717, 1.165) is 25.7 Å². The van der Waals surface area contributed by atoms with Crippen LogP contribution in [0.3, 0.4) is 0 Å².